The molecule has 0 bridgehead atoms. The number of hydrogen-bond donors (Lipinski definition) is 1. The average molecular weight is 419 g/mol. The summed E-state index contributed by atoms with van der Waals surface area (Å²) in [6.45, 7) is 4.12. The molecular formula is C22H26Cl2N3O+. The minimum Gasteiger partial charge on any atom is -0.300 e. The molecule has 2 atom stereocenters. The number of amides is 2. The van der Waals surface area contributed by atoms with Crippen LogP contribution in [-0.2, 0) is 6.54 Å². The SMILES string of the molecule is Cl.O=C1NCC[N+]1(CC1C=CCCN1Cc1ccccc1)c1ccc(Cl)cc1. The zero-order valence-electron chi connectivity index (χ0n) is 15.8. The Morgan fingerprint density at radius 2 is 1.86 bits per heavy atom. The van der Waals surface area contributed by atoms with Crippen LogP contribution in [0.15, 0.2) is 66.7 Å². The molecule has 0 aromatic heterocycles. The van der Waals surface area contributed by atoms with Crippen molar-refractivity contribution in [2.75, 3.05) is 26.2 Å². The maximum Gasteiger partial charge on any atom is 0.422 e. The molecule has 1 fully saturated rings. The van der Waals surface area contributed by atoms with E-state index >= 15 is 0 Å². The van der Waals surface area contributed by atoms with Gasteiger partial charge >= 0.3 is 6.03 Å². The van der Waals surface area contributed by atoms with E-state index in [9.17, 15) is 4.79 Å². The predicted molar refractivity (Wildman–Crippen MR) is 118 cm³/mol. The first-order valence-corrected chi connectivity index (χ1v) is 9.91. The Morgan fingerprint density at radius 3 is 2.54 bits per heavy atom. The van der Waals surface area contributed by atoms with Crippen LogP contribution in [0.4, 0.5) is 10.5 Å². The van der Waals surface area contributed by atoms with E-state index in [4.69, 9.17) is 11.6 Å². The van der Waals surface area contributed by atoms with Crippen LogP contribution in [-0.4, -0.2) is 43.2 Å². The average Bonchev–Trinajstić information content (AvgIpc) is 3.06. The monoisotopic (exact) mass is 418 g/mol. The Hall–Kier alpha value is -1.85. The first kappa shape index (κ1) is 20.9. The van der Waals surface area contributed by atoms with E-state index in [2.05, 4.69) is 46.6 Å². The molecule has 0 spiro atoms. The first-order valence-electron chi connectivity index (χ1n) is 9.54. The first-order chi connectivity index (χ1) is 13.2. The summed E-state index contributed by atoms with van der Waals surface area (Å²) in [5.41, 5.74) is 2.31. The molecule has 0 aliphatic carbocycles. The van der Waals surface area contributed by atoms with E-state index in [1.54, 1.807) is 0 Å². The van der Waals surface area contributed by atoms with Gasteiger partial charge in [0.05, 0.1) is 12.6 Å². The molecule has 2 aromatic rings. The van der Waals surface area contributed by atoms with E-state index in [0.29, 0.717) is 16.1 Å². The van der Waals surface area contributed by atoms with Crippen molar-refractivity contribution in [2.24, 2.45) is 0 Å². The fourth-order valence-corrected chi connectivity index (χ4v) is 4.28. The zero-order chi connectivity index (χ0) is 18.7. The van der Waals surface area contributed by atoms with Gasteiger partial charge in [-0.1, -0.05) is 54.1 Å². The van der Waals surface area contributed by atoms with Crippen LogP contribution in [0.3, 0.4) is 0 Å². The van der Waals surface area contributed by atoms with Crippen LogP contribution in [0.5, 0.6) is 0 Å². The largest absolute Gasteiger partial charge is 0.422 e. The number of carbonyl (C=O) groups excluding carboxylic acids is 1. The second kappa shape index (κ2) is 9.10. The molecule has 28 heavy (non-hydrogen) atoms. The van der Waals surface area contributed by atoms with Gasteiger partial charge in [-0.3, -0.25) is 10.2 Å². The van der Waals surface area contributed by atoms with E-state index in [1.165, 1.54) is 5.56 Å². The molecule has 1 saturated heterocycles. The highest BCUT2D eigenvalue weighted by Gasteiger charge is 2.46. The van der Waals surface area contributed by atoms with Crippen molar-refractivity contribution < 1.29 is 4.79 Å². The molecule has 1 N–H and O–H groups in total. The van der Waals surface area contributed by atoms with Gasteiger partial charge in [-0.25, -0.2) is 9.28 Å². The van der Waals surface area contributed by atoms with Crippen molar-refractivity contribution in [3.05, 3.63) is 77.3 Å². The van der Waals surface area contributed by atoms with Gasteiger partial charge in [0, 0.05) is 30.2 Å². The highest BCUT2D eigenvalue weighted by Crippen LogP contribution is 2.30. The lowest BCUT2D eigenvalue weighted by Gasteiger charge is -2.38. The van der Waals surface area contributed by atoms with E-state index in [0.717, 1.165) is 38.3 Å². The van der Waals surface area contributed by atoms with E-state index in [1.807, 2.05) is 30.3 Å². The molecule has 4 nitrogen and oxygen atoms in total. The standard InChI is InChI=1S/C22H24ClN3O.ClH/c23-19-9-11-21(12-10-19)26(15-13-24-22(26)27)17-20-8-4-5-14-25(20)16-18-6-2-1-3-7-18;/h1-4,6-12,20H,5,13-17H2;1H/p+1. The van der Waals surface area contributed by atoms with Gasteiger partial charge in [-0.15, -0.1) is 12.4 Å². The second-order valence-corrected chi connectivity index (χ2v) is 7.76. The minimum atomic E-state index is 0. The summed E-state index contributed by atoms with van der Waals surface area (Å²) in [6.07, 6.45) is 5.57. The number of hydrogen-bond acceptors (Lipinski definition) is 2. The van der Waals surface area contributed by atoms with Crippen LogP contribution < -0.4 is 9.80 Å². The van der Waals surface area contributed by atoms with Gasteiger partial charge < -0.3 is 0 Å². The summed E-state index contributed by atoms with van der Waals surface area (Å²) in [5, 5.41) is 3.73. The van der Waals surface area contributed by atoms with Gasteiger partial charge in [0.2, 0.25) is 0 Å². The van der Waals surface area contributed by atoms with Crippen LogP contribution in [0.1, 0.15) is 12.0 Å². The van der Waals surface area contributed by atoms with E-state index in [-0.39, 0.29) is 24.5 Å². The molecule has 4 rings (SSSR count). The number of carbonyl (C=O) groups is 1. The third-order valence-electron chi connectivity index (χ3n) is 5.62. The van der Waals surface area contributed by atoms with Crippen LogP contribution in [0.2, 0.25) is 5.02 Å². The quantitative estimate of drug-likeness (QED) is 0.567. The van der Waals surface area contributed by atoms with Gasteiger partial charge in [-0.05, 0) is 24.1 Å². The fourth-order valence-electron chi connectivity index (χ4n) is 4.15. The molecule has 6 heteroatoms. The van der Waals surface area contributed by atoms with Crippen molar-refractivity contribution >= 4 is 35.7 Å². The van der Waals surface area contributed by atoms with Crippen LogP contribution in [0.25, 0.3) is 0 Å². The molecule has 2 heterocycles. The summed E-state index contributed by atoms with van der Waals surface area (Å²) in [6, 6.07) is 18.6. The Kier molecular flexibility index (Phi) is 6.78. The van der Waals surface area contributed by atoms with E-state index < -0.39 is 0 Å². The summed E-state index contributed by atoms with van der Waals surface area (Å²) < 4.78 is 0.331. The molecule has 2 aliphatic rings. The molecule has 0 radical (unpaired) electrons. The van der Waals surface area contributed by atoms with Crippen LogP contribution >= 0.6 is 24.0 Å². The Bertz CT molecular complexity index is 825. The Labute approximate surface area is 177 Å². The number of rotatable bonds is 5. The molecule has 2 aliphatic heterocycles. The third-order valence-corrected chi connectivity index (χ3v) is 5.87. The van der Waals surface area contributed by atoms with Crippen LogP contribution in [0, 0.1) is 0 Å². The molecule has 2 unspecified atom stereocenters. The lowest BCUT2D eigenvalue weighted by Crippen LogP contribution is -2.58. The minimum absolute atomic E-state index is 0. The highest BCUT2D eigenvalue weighted by molar-refractivity contribution is 6.30. The van der Waals surface area contributed by atoms with Gasteiger partial charge in [-0.2, -0.15) is 0 Å². The topological polar surface area (TPSA) is 32.3 Å². The maximum absolute atomic E-state index is 12.9. The number of nitrogens with zero attached hydrogens (tertiary/aromatic N) is 2. The number of halogens is 2. The van der Waals surface area contributed by atoms with Crippen molar-refractivity contribution in [1.82, 2.24) is 14.7 Å². The van der Waals surface area contributed by atoms with Gasteiger partial charge in [0.25, 0.3) is 0 Å². The molecule has 2 aromatic carbocycles. The van der Waals surface area contributed by atoms with Crippen molar-refractivity contribution in [2.45, 2.75) is 19.0 Å². The zero-order valence-corrected chi connectivity index (χ0v) is 17.3. The number of nitrogens with one attached hydrogen (secondary N) is 1. The van der Waals surface area contributed by atoms with Crippen molar-refractivity contribution in [3.8, 4) is 0 Å². The van der Waals surface area contributed by atoms with Gasteiger partial charge in [0.15, 0.2) is 0 Å². The maximum atomic E-state index is 12.9. The molecule has 0 saturated carbocycles. The van der Waals surface area contributed by atoms with Crippen molar-refractivity contribution in [1.29, 1.82) is 0 Å². The molecule has 2 amide bonds. The fraction of sp³-hybridized carbons (Fsp3) is 0.318. The second-order valence-electron chi connectivity index (χ2n) is 7.32. The Balaban J connectivity index is 0.00000225. The van der Waals surface area contributed by atoms with Crippen molar-refractivity contribution in [3.63, 3.8) is 0 Å². The number of quaternary nitrogens is 1. The number of urea groups is 1. The lowest BCUT2D eigenvalue weighted by molar-refractivity contribution is 0.168. The lowest BCUT2D eigenvalue weighted by atomic mass is 10.1. The summed E-state index contributed by atoms with van der Waals surface area (Å²) >= 11 is 6.08. The third kappa shape index (κ3) is 4.26. The number of benzene rings is 2. The summed E-state index contributed by atoms with van der Waals surface area (Å²) in [4.78, 5) is 15.4. The van der Waals surface area contributed by atoms with Gasteiger partial charge in [0.1, 0.15) is 18.8 Å². The summed E-state index contributed by atoms with van der Waals surface area (Å²) in [5.74, 6) is 0. The summed E-state index contributed by atoms with van der Waals surface area (Å²) in [7, 11) is 0. The smallest absolute Gasteiger partial charge is 0.300 e. The Morgan fingerprint density at radius 1 is 1.11 bits per heavy atom. The molecular weight excluding hydrogens is 393 g/mol. The normalized spacial score (nSPS) is 24.6. The molecule has 148 valence electrons. The highest BCUT2D eigenvalue weighted by atomic mass is 35.5. The predicted octanol–water partition coefficient (Wildman–Crippen LogP) is 4.62.